The molecule has 4 aliphatic carbocycles. The van der Waals surface area contributed by atoms with E-state index in [1.807, 2.05) is 0 Å². The summed E-state index contributed by atoms with van der Waals surface area (Å²) in [5.41, 5.74) is 8.05. The molecule has 1 saturated carbocycles. The zero-order chi connectivity index (χ0) is 15.5. The molecule has 1 fully saturated rings. The van der Waals surface area contributed by atoms with Crippen LogP contribution in [0.5, 0.6) is 0 Å². The Kier molecular flexibility index (Phi) is 1.96. The van der Waals surface area contributed by atoms with Crippen molar-refractivity contribution < 1.29 is 0 Å². The molecule has 8 rings (SSSR count). The first kappa shape index (κ1) is 12.4. The van der Waals surface area contributed by atoms with Crippen LogP contribution in [0.1, 0.15) is 51.5 Å². The lowest BCUT2D eigenvalue weighted by Gasteiger charge is -2.62. The van der Waals surface area contributed by atoms with Gasteiger partial charge < -0.3 is 0 Å². The van der Waals surface area contributed by atoms with Crippen molar-refractivity contribution in [3.63, 3.8) is 0 Å². The Morgan fingerprint density at radius 1 is 0.583 bits per heavy atom. The molecule has 5 atom stereocenters. The van der Waals surface area contributed by atoms with Gasteiger partial charge in [-0.1, -0.05) is 66.7 Å². The zero-order valence-electron chi connectivity index (χ0n) is 13.1. The predicted octanol–water partition coefficient (Wildman–Crippen LogP) is 5.65. The van der Waals surface area contributed by atoms with Gasteiger partial charge in [-0.3, -0.25) is 0 Å². The van der Waals surface area contributed by atoms with E-state index in [4.69, 9.17) is 0 Å². The summed E-state index contributed by atoms with van der Waals surface area (Å²) in [6.07, 6.45) is 0. The SMILES string of the molecule is c1ccc2c(c1)SC13C4c5ccccc5C(C21)C3c1ccccc14. The van der Waals surface area contributed by atoms with Crippen LogP contribution in [0.25, 0.3) is 0 Å². The molecule has 114 valence electrons. The lowest BCUT2D eigenvalue weighted by Crippen LogP contribution is -2.56. The summed E-state index contributed by atoms with van der Waals surface area (Å²) in [6, 6.07) is 27.7. The van der Waals surface area contributed by atoms with E-state index in [9.17, 15) is 0 Å². The molecule has 0 N–H and O–H groups in total. The summed E-state index contributed by atoms with van der Waals surface area (Å²) in [5, 5.41) is 0. The van der Waals surface area contributed by atoms with E-state index in [0.717, 1.165) is 0 Å². The van der Waals surface area contributed by atoms with Crippen LogP contribution in [0.3, 0.4) is 0 Å². The van der Waals surface area contributed by atoms with Gasteiger partial charge in [0.15, 0.2) is 0 Å². The van der Waals surface area contributed by atoms with Gasteiger partial charge in [0.1, 0.15) is 0 Å². The highest BCUT2D eigenvalue weighted by atomic mass is 32.2. The number of fused-ring (bicyclic) bond motifs is 2. The Morgan fingerprint density at radius 3 is 1.92 bits per heavy atom. The monoisotopic (exact) mass is 324 g/mol. The molecule has 3 aromatic carbocycles. The van der Waals surface area contributed by atoms with Crippen LogP contribution in [-0.2, 0) is 0 Å². The number of benzene rings is 3. The van der Waals surface area contributed by atoms with Crippen LogP contribution in [-0.4, -0.2) is 4.75 Å². The Bertz CT molecular complexity index is 1030. The van der Waals surface area contributed by atoms with Crippen LogP contribution >= 0.6 is 11.8 Å². The second-order valence-corrected chi connectivity index (χ2v) is 9.02. The maximum atomic E-state index is 2.40. The Hall–Kier alpha value is -1.99. The van der Waals surface area contributed by atoms with Crippen molar-refractivity contribution in [1.29, 1.82) is 0 Å². The number of hydrogen-bond donors (Lipinski definition) is 0. The summed E-state index contributed by atoms with van der Waals surface area (Å²) in [6.45, 7) is 0. The van der Waals surface area contributed by atoms with E-state index in [2.05, 4.69) is 84.6 Å². The van der Waals surface area contributed by atoms with E-state index in [1.165, 1.54) is 4.90 Å². The summed E-state index contributed by atoms with van der Waals surface area (Å²) in [4.78, 5) is 1.53. The van der Waals surface area contributed by atoms with E-state index in [0.29, 0.717) is 28.4 Å². The molecule has 1 heteroatoms. The average molecular weight is 324 g/mol. The van der Waals surface area contributed by atoms with Crippen molar-refractivity contribution in [2.45, 2.75) is 33.3 Å². The standard InChI is InChI=1S/C23H16S/c1-2-8-14-13(7-1)19-21-16-10-4-3-9-15(16)20(14)23(21)22(19)17-11-5-6-12-18(17)24-23/h1-12,19-22H. The van der Waals surface area contributed by atoms with Crippen LogP contribution in [0.4, 0.5) is 0 Å². The summed E-state index contributed by atoms with van der Waals surface area (Å²) < 4.78 is 0.340. The lowest BCUT2D eigenvalue weighted by molar-refractivity contribution is 0.181. The molecule has 3 aromatic rings. The van der Waals surface area contributed by atoms with Gasteiger partial charge in [-0.25, -0.2) is 0 Å². The third kappa shape index (κ3) is 1.08. The third-order valence-electron chi connectivity index (χ3n) is 6.99. The van der Waals surface area contributed by atoms with Crippen molar-refractivity contribution >= 4 is 11.8 Å². The first-order valence-corrected chi connectivity index (χ1v) is 9.68. The Morgan fingerprint density at radius 2 is 1.12 bits per heavy atom. The lowest BCUT2D eigenvalue weighted by atomic mass is 9.46. The van der Waals surface area contributed by atoms with Crippen LogP contribution in [0.15, 0.2) is 77.7 Å². The van der Waals surface area contributed by atoms with Crippen molar-refractivity contribution in [3.8, 4) is 0 Å². The average Bonchev–Trinajstić information content (AvgIpc) is 2.98. The van der Waals surface area contributed by atoms with Gasteiger partial charge in [0.2, 0.25) is 0 Å². The largest absolute Gasteiger partial charge is 0.117 e. The molecule has 5 aliphatic rings. The number of hydrogen-bond acceptors (Lipinski definition) is 1. The molecular weight excluding hydrogens is 308 g/mol. The summed E-state index contributed by atoms with van der Waals surface area (Å²) in [7, 11) is 0. The molecule has 1 aliphatic heterocycles. The van der Waals surface area contributed by atoms with E-state index in [-0.39, 0.29) is 0 Å². The highest BCUT2D eigenvalue weighted by molar-refractivity contribution is 8.01. The van der Waals surface area contributed by atoms with Gasteiger partial charge in [0, 0.05) is 33.3 Å². The van der Waals surface area contributed by atoms with Crippen molar-refractivity contribution in [2.24, 2.45) is 0 Å². The number of thioether (sulfide) groups is 1. The maximum absolute atomic E-state index is 2.40. The highest BCUT2D eigenvalue weighted by Gasteiger charge is 2.76. The predicted molar refractivity (Wildman–Crippen MR) is 98.0 cm³/mol. The quantitative estimate of drug-likeness (QED) is 0.514. The minimum atomic E-state index is 0.340. The van der Waals surface area contributed by atoms with Gasteiger partial charge in [-0.05, 0) is 33.9 Å². The summed E-state index contributed by atoms with van der Waals surface area (Å²) in [5.74, 6) is 2.60. The molecule has 0 nitrogen and oxygen atoms in total. The second kappa shape index (κ2) is 3.81. The first-order valence-electron chi connectivity index (χ1n) is 8.87. The Labute approximate surface area is 145 Å². The van der Waals surface area contributed by atoms with Gasteiger partial charge in [-0.2, -0.15) is 0 Å². The highest BCUT2D eigenvalue weighted by Crippen LogP contribution is 2.86. The van der Waals surface area contributed by atoms with Crippen molar-refractivity contribution in [3.05, 3.63) is 101 Å². The smallest absolute Gasteiger partial charge is 0.0465 e. The zero-order valence-corrected chi connectivity index (χ0v) is 14.0. The molecule has 0 amide bonds. The molecule has 0 saturated heterocycles. The molecule has 0 radical (unpaired) electrons. The fourth-order valence-corrected chi connectivity index (χ4v) is 8.43. The minimum absolute atomic E-state index is 0.340. The first-order chi connectivity index (χ1) is 11.9. The normalized spacial score (nSPS) is 35.5. The molecule has 24 heavy (non-hydrogen) atoms. The Balaban J connectivity index is 1.60. The second-order valence-electron chi connectivity index (χ2n) is 7.67. The number of rotatable bonds is 0. The van der Waals surface area contributed by atoms with Crippen molar-refractivity contribution in [1.82, 2.24) is 0 Å². The minimum Gasteiger partial charge on any atom is -0.117 e. The summed E-state index contributed by atoms with van der Waals surface area (Å²) >= 11 is 2.19. The molecule has 0 aromatic heterocycles. The van der Waals surface area contributed by atoms with E-state index >= 15 is 0 Å². The fraction of sp³-hybridized carbons (Fsp3) is 0.217. The van der Waals surface area contributed by atoms with Gasteiger partial charge in [-0.15, -0.1) is 11.8 Å². The van der Waals surface area contributed by atoms with E-state index in [1.54, 1.807) is 27.8 Å². The van der Waals surface area contributed by atoms with Crippen LogP contribution < -0.4 is 0 Å². The molecule has 1 heterocycles. The van der Waals surface area contributed by atoms with Crippen LogP contribution in [0.2, 0.25) is 0 Å². The molecule has 4 bridgehead atoms. The topological polar surface area (TPSA) is 0 Å². The van der Waals surface area contributed by atoms with Crippen molar-refractivity contribution in [2.75, 3.05) is 0 Å². The van der Waals surface area contributed by atoms with Gasteiger partial charge in [0.05, 0.1) is 0 Å². The molecular formula is C23H16S. The van der Waals surface area contributed by atoms with Gasteiger partial charge in [0.25, 0.3) is 0 Å². The molecule has 5 unspecified atom stereocenters. The van der Waals surface area contributed by atoms with Crippen LogP contribution in [0, 0.1) is 0 Å². The fourth-order valence-electron chi connectivity index (χ4n) is 6.41. The van der Waals surface area contributed by atoms with E-state index < -0.39 is 0 Å². The maximum Gasteiger partial charge on any atom is 0.0465 e. The van der Waals surface area contributed by atoms with Gasteiger partial charge >= 0.3 is 0 Å². The molecule has 1 spiro atoms. The third-order valence-corrected chi connectivity index (χ3v) is 8.68.